The lowest BCUT2D eigenvalue weighted by molar-refractivity contribution is 0.0913. The topological polar surface area (TPSA) is 57.3 Å². The Morgan fingerprint density at radius 1 is 1.24 bits per heavy atom. The van der Waals surface area contributed by atoms with E-state index in [2.05, 4.69) is 27.7 Å². The van der Waals surface area contributed by atoms with Crippen molar-refractivity contribution in [3.8, 4) is 5.75 Å². The largest absolute Gasteiger partial charge is 0.486 e. The molecule has 0 aliphatic rings. The van der Waals surface area contributed by atoms with Gasteiger partial charge in [0.15, 0.2) is 5.76 Å². The molecule has 0 atom stereocenters. The second-order valence-electron chi connectivity index (χ2n) is 4.26. The van der Waals surface area contributed by atoms with Gasteiger partial charge < -0.3 is 9.15 Å². The van der Waals surface area contributed by atoms with E-state index in [-0.39, 0.29) is 18.3 Å². The predicted molar refractivity (Wildman–Crippen MR) is 84.2 cm³/mol. The highest BCUT2D eigenvalue weighted by atomic mass is 127. The molecule has 5 nitrogen and oxygen atoms in total. The molecule has 0 spiro atoms. The van der Waals surface area contributed by atoms with Gasteiger partial charge in [-0.1, -0.05) is 0 Å². The number of halogens is 1. The average Bonchev–Trinajstić information content (AvgIpc) is 3.18. The lowest BCUT2D eigenvalue weighted by Gasteiger charge is -2.03. The van der Waals surface area contributed by atoms with Crippen LogP contribution in [0.3, 0.4) is 0 Å². The number of nitrogens with zero attached hydrogens (tertiary/aromatic N) is 2. The molecule has 0 aliphatic heterocycles. The zero-order valence-corrected chi connectivity index (χ0v) is 13.1. The number of carbonyl (C=O) groups is 1. The van der Waals surface area contributed by atoms with Crippen LogP contribution in [0.1, 0.15) is 16.3 Å². The number of benzene rings is 1. The Balaban J connectivity index is 1.65. The van der Waals surface area contributed by atoms with Gasteiger partial charge in [0.05, 0.1) is 0 Å². The third-order valence-electron chi connectivity index (χ3n) is 2.78. The Morgan fingerprint density at radius 3 is 2.76 bits per heavy atom. The first-order valence-corrected chi connectivity index (χ1v) is 7.32. The van der Waals surface area contributed by atoms with Crippen molar-refractivity contribution < 1.29 is 13.9 Å². The highest BCUT2D eigenvalue weighted by Gasteiger charge is 2.13. The molecule has 0 amide bonds. The number of carbonyl (C=O) groups excluding carboxylic acids is 1. The summed E-state index contributed by atoms with van der Waals surface area (Å²) in [5.74, 6) is 1.27. The molecule has 0 bridgehead atoms. The summed E-state index contributed by atoms with van der Waals surface area (Å²) in [5, 5.41) is 3.88. The Bertz CT molecular complexity index is 733. The van der Waals surface area contributed by atoms with Crippen LogP contribution in [0, 0.1) is 3.57 Å². The normalized spacial score (nSPS) is 10.5. The highest BCUT2D eigenvalue weighted by molar-refractivity contribution is 14.1. The van der Waals surface area contributed by atoms with Gasteiger partial charge in [0, 0.05) is 16.0 Å². The smallest absolute Gasteiger partial charge is 0.313 e. The van der Waals surface area contributed by atoms with Crippen LogP contribution in [-0.2, 0) is 6.61 Å². The molecule has 0 aliphatic carbocycles. The number of hydrogen-bond acceptors (Lipinski definition) is 4. The van der Waals surface area contributed by atoms with E-state index in [1.807, 2.05) is 24.3 Å². The maximum atomic E-state index is 12.0. The Morgan fingerprint density at radius 2 is 2.05 bits per heavy atom. The van der Waals surface area contributed by atoms with Crippen molar-refractivity contribution in [2.75, 3.05) is 0 Å². The van der Waals surface area contributed by atoms with E-state index in [1.54, 1.807) is 30.6 Å². The maximum absolute atomic E-state index is 12.0. The minimum Gasteiger partial charge on any atom is -0.486 e. The Hall–Kier alpha value is -2.09. The van der Waals surface area contributed by atoms with Crippen molar-refractivity contribution in [3.05, 3.63) is 69.9 Å². The van der Waals surface area contributed by atoms with Crippen LogP contribution in [0.4, 0.5) is 0 Å². The van der Waals surface area contributed by atoms with Gasteiger partial charge in [0.1, 0.15) is 18.1 Å². The van der Waals surface area contributed by atoms with Crippen LogP contribution in [-0.4, -0.2) is 15.7 Å². The first-order chi connectivity index (χ1) is 10.2. The summed E-state index contributed by atoms with van der Waals surface area (Å²) in [5.41, 5.74) is 0. The summed E-state index contributed by atoms with van der Waals surface area (Å²) >= 11 is 2.23. The number of rotatable bonds is 4. The molecule has 1 aromatic carbocycles. The number of ether oxygens (including phenoxy) is 1. The molecule has 0 N–H and O–H groups in total. The average molecular weight is 394 g/mol. The molecule has 0 fully saturated rings. The van der Waals surface area contributed by atoms with Crippen LogP contribution in [0.15, 0.2) is 59.3 Å². The van der Waals surface area contributed by atoms with Crippen LogP contribution < -0.4 is 4.74 Å². The van der Waals surface area contributed by atoms with Crippen molar-refractivity contribution in [2.24, 2.45) is 0 Å². The van der Waals surface area contributed by atoms with Gasteiger partial charge in [-0.3, -0.25) is 4.79 Å². The molecule has 2 heterocycles. The molecule has 0 radical (unpaired) electrons. The van der Waals surface area contributed by atoms with E-state index in [4.69, 9.17) is 9.15 Å². The predicted octanol–water partition coefficient (Wildman–Crippen LogP) is 3.35. The Kier molecular flexibility index (Phi) is 4.05. The quantitative estimate of drug-likeness (QED) is 0.637. The van der Waals surface area contributed by atoms with Gasteiger partial charge in [-0.15, -0.1) is 0 Å². The summed E-state index contributed by atoms with van der Waals surface area (Å²) in [7, 11) is 0. The van der Waals surface area contributed by atoms with Crippen LogP contribution in [0.25, 0.3) is 0 Å². The zero-order valence-electron chi connectivity index (χ0n) is 10.9. The van der Waals surface area contributed by atoms with Gasteiger partial charge in [0.25, 0.3) is 0 Å². The van der Waals surface area contributed by atoms with E-state index < -0.39 is 0 Å². The van der Waals surface area contributed by atoms with Gasteiger partial charge in [-0.2, -0.15) is 5.10 Å². The van der Waals surface area contributed by atoms with Crippen LogP contribution in [0.5, 0.6) is 5.75 Å². The summed E-state index contributed by atoms with van der Waals surface area (Å²) in [4.78, 5) is 12.0. The first-order valence-electron chi connectivity index (χ1n) is 6.24. The van der Waals surface area contributed by atoms with Crippen molar-refractivity contribution in [1.82, 2.24) is 9.78 Å². The van der Waals surface area contributed by atoms with Gasteiger partial charge in [0.2, 0.25) is 0 Å². The lowest BCUT2D eigenvalue weighted by atomic mass is 10.3. The third-order valence-corrected chi connectivity index (χ3v) is 3.50. The monoisotopic (exact) mass is 394 g/mol. The molecule has 0 unspecified atom stereocenters. The Labute approximate surface area is 134 Å². The van der Waals surface area contributed by atoms with Crippen LogP contribution >= 0.6 is 22.6 Å². The summed E-state index contributed by atoms with van der Waals surface area (Å²) in [6, 6.07) is 12.7. The van der Waals surface area contributed by atoms with Crippen molar-refractivity contribution in [3.63, 3.8) is 0 Å². The second-order valence-corrected chi connectivity index (χ2v) is 5.51. The first kappa shape index (κ1) is 13.9. The maximum Gasteiger partial charge on any atom is 0.313 e. The fourth-order valence-electron chi connectivity index (χ4n) is 1.76. The molecule has 0 saturated heterocycles. The summed E-state index contributed by atoms with van der Waals surface area (Å²) in [6.45, 7) is 0.271. The minimum absolute atomic E-state index is 0.236. The fourth-order valence-corrected chi connectivity index (χ4v) is 2.12. The number of furan rings is 1. The molecule has 2 aromatic heterocycles. The summed E-state index contributed by atoms with van der Waals surface area (Å²) < 4.78 is 13.4. The van der Waals surface area contributed by atoms with E-state index >= 15 is 0 Å². The fraction of sp³-hybridized carbons (Fsp3) is 0.0667. The second kappa shape index (κ2) is 6.13. The highest BCUT2D eigenvalue weighted by Crippen LogP contribution is 2.16. The molecular formula is C15H11IN2O3. The van der Waals surface area contributed by atoms with Crippen LogP contribution in [0.2, 0.25) is 0 Å². The van der Waals surface area contributed by atoms with Crippen molar-refractivity contribution >= 4 is 28.5 Å². The van der Waals surface area contributed by atoms with E-state index in [9.17, 15) is 4.79 Å². The minimum atomic E-state index is -0.305. The van der Waals surface area contributed by atoms with Gasteiger partial charge in [-0.05, 0) is 65.1 Å². The summed E-state index contributed by atoms with van der Waals surface area (Å²) in [6.07, 6.45) is 3.12. The SMILES string of the molecule is O=C(c1ccc(COc2ccc(I)cc2)o1)n1cccn1. The van der Waals surface area contributed by atoms with E-state index in [0.29, 0.717) is 5.76 Å². The molecule has 106 valence electrons. The molecule has 0 saturated carbocycles. The molecule has 21 heavy (non-hydrogen) atoms. The standard InChI is InChI=1S/C15H11IN2O3/c16-11-2-4-12(5-3-11)20-10-13-6-7-14(21-13)15(19)18-9-1-8-17-18/h1-9H,10H2. The molecule has 3 aromatic rings. The van der Waals surface area contributed by atoms with Crippen molar-refractivity contribution in [2.45, 2.75) is 6.61 Å². The molecular weight excluding hydrogens is 383 g/mol. The number of hydrogen-bond donors (Lipinski definition) is 0. The van der Waals surface area contributed by atoms with Gasteiger partial charge in [-0.25, -0.2) is 4.68 Å². The zero-order chi connectivity index (χ0) is 14.7. The van der Waals surface area contributed by atoms with Gasteiger partial charge >= 0.3 is 5.91 Å². The van der Waals surface area contributed by atoms with E-state index in [0.717, 1.165) is 9.32 Å². The number of aromatic nitrogens is 2. The molecule has 6 heteroatoms. The van der Waals surface area contributed by atoms with Crippen molar-refractivity contribution in [1.29, 1.82) is 0 Å². The third kappa shape index (κ3) is 3.33. The lowest BCUT2D eigenvalue weighted by Crippen LogP contribution is -2.11. The van der Waals surface area contributed by atoms with E-state index in [1.165, 1.54) is 4.68 Å². The molecule has 3 rings (SSSR count).